The number of sulfonamides is 1. The third kappa shape index (κ3) is 5.60. The first-order valence-corrected chi connectivity index (χ1v) is 7.87. The Kier molecular flexibility index (Phi) is 7.62. The number of aliphatic hydroxyl groups is 1. The van der Waals surface area contributed by atoms with E-state index in [1.54, 1.807) is 7.11 Å². The van der Waals surface area contributed by atoms with Crippen LogP contribution in [0.25, 0.3) is 0 Å². The summed E-state index contributed by atoms with van der Waals surface area (Å²) in [7, 11) is -0.618. The molecule has 0 radical (unpaired) electrons. The fraction of sp³-hybridized carbons (Fsp3) is 0.538. The van der Waals surface area contributed by atoms with Crippen molar-refractivity contribution < 1.29 is 27.7 Å². The second-order valence-electron chi connectivity index (χ2n) is 4.13. The largest absolute Gasteiger partial charge is 0.496 e. The summed E-state index contributed by atoms with van der Waals surface area (Å²) in [6, 6.07) is 4.31. The molecule has 21 heavy (non-hydrogen) atoms. The van der Waals surface area contributed by atoms with Gasteiger partial charge in [0.25, 0.3) is 0 Å². The topological polar surface area (TPSA) is 94.1 Å². The second kappa shape index (κ2) is 8.96. The highest BCUT2D eigenvalue weighted by atomic mass is 32.2. The van der Waals surface area contributed by atoms with Crippen molar-refractivity contribution in [3.63, 3.8) is 0 Å². The Labute approximate surface area is 124 Å². The minimum absolute atomic E-state index is 0.0734. The van der Waals surface area contributed by atoms with Crippen LogP contribution in [0, 0.1) is 0 Å². The third-order valence-corrected chi connectivity index (χ3v) is 4.16. The molecule has 1 rings (SSSR count). The molecule has 1 aromatic carbocycles. The zero-order valence-corrected chi connectivity index (χ0v) is 13.0. The molecule has 0 saturated carbocycles. The number of aliphatic hydroxyl groups excluding tert-OH is 1. The lowest BCUT2D eigenvalue weighted by Crippen LogP contribution is -2.28. The molecular formula is C13H21NO6S. The van der Waals surface area contributed by atoms with E-state index in [0.29, 0.717) is 24.5 Å². The van der Waals surface area contributed by atoms with Crippen LogP contribution in [0.3, 0.4) is 0 Å². The highest BCUT2D eigenvalue weighted by Crippen LogP contribution is 2.22. The van der Waals surface area contributed by atoms with Gasteiger partial charge >= 0.3 is 0 Å². The molecule has 0 heterocycles. The summed E-state index contributed by atoms with van der Waals surface area (Å²) < 4.78 is 41.6. The van der Waals surface area contributed by atoms with Gasteiger partial charge in [-0.3, -0.25) is 0 Å². The van der Waals surface area contributed by atoms with Crippen LogP contribution >= 0.6 is 0 Å². The van der Waals surface area contributed by atoms with Crippen LogP contribution in [-0.2, 0) is 26.1 Å². The Balaban J connectivity index is 2.62. The van der Waals surface area contributed by atoms with Gasteiger partial charge < -0.3 is 19.3 Å². The molecule has 0 saturated heterocycles. The van der Waals surface area contributed by atoms with Crippen LogP contribution in [0.5, 0.6) is 5.75 Å². The lowest BCUT2D eigenvalue weighted by molar-refractivity contribution is 0.0736. The van der Waals surface area contributed by atoms with Gasteiger partial charge in [-0.2, -0.15) is 0 Å². The fourth-order valence-electron chi connectivity index (χ4n) is 1.62. The van der Waals surface area contributed by atoms with E-state index in [1.807, 2.05) is 0 Å². The zero-order valence-electron chi connectivity index (χ0n) is 12.2. The Hall–Kier alpha value is -1.19. The molecule has 0 aliphatic heterocycles. The van der Waals surface area contributed by atoms with E-state index in [0.717, 1.165) is 0 Å². The summed E-state index contributed by atoms with van der Waals surface area (Å²) in [4.78, 5) is 0.0734. The highest BCUT2D eigenvalue weighted by Gasteiger charge is 2.15. The van der Waals surface area contributed by atoms with Gasteiger partial charge in [0, 0.05) is 19.2 Å². The quantitative estimate of drug-likeness (QED) is 0.595. The van der Waals surface area contributed by atoms with E-state index in [-0.39, 0.29) is 24.7 Å². The van der Waals surface area contributed by atoms with Crippen LogP contribution in [-0.4, -0.2) is 54.1 Å². The molecule has 0 spiro atoms. The summed E-state index contributed by atoms with van der Waals surface area (Å²) in [6.07, 6.45) is 0. The Morgan fingerprint density at radius 1 is 1.19 bits per heavy atom. The zero-order chi connectivity index (χ0) is 15.7. The first-order chi connectivity index (χ1) is 10.0. The lowest BCUT2D eigenvalue weighted by atomic mass is 10.2. The molecule has 0 bridgehead atoms. The monoisotopic (exact) mass is 319 g/mol. The van der Waals surface area contributed by atoms with E-state index < -0.39 is 10.0 Å². The number of hydrogen-bond donors (Lipinski definition) is 2. The highest BCUT2D eigenvalue weighted by molar-refractivity contribution is 7.89. The summed E-state index contributed by atoms with van der Waals surface area (Å²) in [5, 5.41) is 9.21. The molecule has 0 aromatic heterocycles. The number of rotatable bonds is 10. The summed E-state index contributed by atoms with van der Waals surface area (Å²) in [5.74, 6) is 0.444. The van der Waals surface area contributed by atoms with Crippen LogP contribution in [0.15, 0.2) is 23.1 Å². The van der Waals surface area contributed by atoms with Gasteiger partial charge in [0.2, 0.25) is 10.0 Å². The summed E-state index contributed by atoms with van der Waals surface area (Å²) in [6.45, 7) is 0.991. The minimum atomic E-state index is -3.64. The average Bonchev–Trinajstić information content (AvgIpc) is 2.49. The maximum atomic E-state index is 12.1. The first-order valence-electron chi connectivity index (χ1n) is 6.39. The molecular weight excluding hydrogens is 298 g/mol. The normalized spacial score (nSPS) is 11.6. The van der Waals surface area contributed by atoms with Crippen molar-refractivity contribution in [2.24, 2.45) is 0 Å². The predicted octanol–water partition coefficient (Wildman–Crippen LogP) is 0.129. The molecule has 0 amide bonds. The smallest absolute Gasteiger partial charge is 0.240 e. The van der Waals surface area contributed by atoms with Gasteiger partial charge in [0.05, 0.1) is 38.4 Å². The summed E-state index contributed by atoms with van der Waals surface area (Å²) >= 11 is 0. The molecule has 8 heteroatoms. The molecule has 120 valence electrons. The molecule has 0 aliphatic carbocycles. The second-order valence-corrected chi connectivity index (χ2v) is 5.90. The van der Waals surface area contributed by atoms with Crippen molar-refractivity contribution in [1.29, 1.82) is 0 Å². The van der Waals surface area contributed by atoms with Crippen molar-refractivity contribution >= 4 is 10.0 Å². The van der Waals surface area contributed by atoms with Crippen molar-refractivity contribution in [3.8, 4) is 5.75 Å². The van der Waals surface area contributed by atoms with Crippen LogP contribution in [0.1, 0.15) is 5.56 Å². The Morgan fingerprint density at radius 3 is 2.57 bits per heavy atom. The van der Waals surface area contributed by atoms with Crippen LogP contribution in [0.4, 0.5) is 0 Å². The molecule has 0 fully saturated rings. The van der Waals surface area contributed by atoms with Gasteiger partial charge in [0.15, 0.2) is 0 Å². The summed E-state index contributed by atoms with van der Waals surface area (Å²) in [5.41, 5.74) is 0.414. The first kappa shape index (κ1) is 17.9. The van der Waals surface area contributed by atoms with Gasteiger partial charge in [0.1, 0.15) is 5.75 Å². The number of ether oxygens (including phenoxy) is 3. The van der Waals surface area contributed by atoms with Crippen molar-refractivity contribution in [2.45, 2.75) is 11.5 Å². The number of nitrogens with one attached hydrogen (secondary N) is 1. The SMILES string of the molecule is COCCOCCNS(=O)(=O)c1ccc(OC)c(CO)c1. The number of benzene rings is 1. The Bertz CT molecular complexity index is 531. The van der Waals surface area contributed by atoms with Gasteiger partial charge in [-0.1, -0.05) is 0 Å². The van der Waals surface area contributed by atoms with Crippen molar-refractivity contribution in [2.75, 3.05) is 40.6 Å². The van der Waals surface area contributed by atoms with E-state index in [4.69, 9.17) is 14.2 Å². The molecule has 1 aromatic rings. The van der Waals surface area contributed by atoms with E-state index in [1.165, 1.54) is 25.3 Å². The predicted molar refractivity (Wildman–Crippen MR) is 76.8 cm³/mol. The molecule has 7 nitrogen and oxygen atoms in total. The maximum absolute atomic E-state index is 12.1. The van der Waals surface area contributed by atoms with Gasteiger partial charge in [-0.25, -0.2) is 13.1 Å². The fourth-order valence-corrected chi connectivity index (χ4v) is 2.68. The van der Waals surface area contributed by atoms with Crippen molar-refractivity contribution in [1.82, 2.24) is 4.72 Å². The van der Waals surface area contributed by atoms with Crippen LogP contribution in [0.2, 0.25) is 0 Å². The number of hydrogen-bond acceptors (Lipinski definition) is 6. The van der Waals surface area contributed by atoms with Crippen LogP contribution < -0.4 is 9.46 Å². The van der Waals surface area contributed by atoms with Crippen molar-refractivity contribution in [3.05, 3.63) is 23.8 Å². The Morgan fingerprint density at radius 2 is 1.95 bits per heavy atom. The maximum Gasteiger partial charge on any atom is 0.240 e. The minimum Gasteiger partial charge on any atom is -0.496 e. The van der Waals surface area contributed by atoms with E-state index >= 15 is 0 Å². The molecule has 0 atom stereocenters. The average molecular weight is 319 g/mol. The van der Waals surface area contributed by atoms with E-state index in [9.17, 15) is 13.5 Å². The number of methoxy groups -OCH3 is 2. The third-order valence-electron chi connectivity index (χ3n) is 2.70. The molecule has 0 aliphatic rings. The van der Waals surface area contributed by atoms with Gasteiger partial charge in [-0.15, -0.1) is 0 Å². The lowest BCUT2D eigenvalue weighted by Gasteiger charge is -2.10. The van der Waals surface area contributed by atoms with Gasteiger partial charge in [-0.05, 0) is 18.2 Å². The standard InChI is InChI=1S/C13H21NO6S/c1-18-7-8-20-6-5-14-21(16,17)12-3-4-13(19-2)11(9-12)10-15/h3-4,9,14-15H,5-8,10H2,1-2H3. The molecule has 2 N–H and O–H groups in total. The molecule has 0 unspecified atom stereocenters. The van der Waals surface area contributed by atoms with E-state index in [2.05, 4.69) is 4.72 Å².